The second-order valence-corrected chi connectivity index (χ2v) is 7.94. The van der Waals surface area contributed by atoms with Gasteiger partial charge < -0.3 is 43.0 Å². The van der Waals surface area contributed by atoms with Crippen molar-refractivity contribution >= 4 is 0 Å². The maximum absolute atomic E-state index is 8.56. The first-order valence-electron chi connectivity index (χ1n) is 12.4. The summed E-state index contributed by atoms with van der Waals surface area (Å²) in [5, 5.41) is 8.56. The molecule has 1 N–H and O–H groups in total. The van der Waals surface area contributed by atoms with Gasteiger partial charge in [-0.15, -0.1) is 0 Å². The molecule has 0 unspecified atom stereocenters. The fourth-order valence-electron chi connectivity index (χ4n) is 3.22. The van der Waals surface area contributed by atoms with E-state index in [2.05, 4.69) is 32.9 Å². The molecule has 0 radical (unpaired) electrons. The minimum atomic E-state index is 0.0316. The third kappa shape index (κ3) is 18.7. The Morgan fingerprint density at radius 1 is 0.457 bits per heavy atom. The molecule has 0 saturated carbocycles. The van der Waals surface area contributed by atoms with E-state index in [1.54, 1.807) is 0 Å². The average molecular weight is 503 g/mol. The van der Waals surface area contributed by atoms with Gasteiger partial charge in [0.15, 0.2) is 0 Å². The fourth-order valence-corrected chi connectivity index (χ4v) is 3.22. The molecule has 204 valence electrons. The van der Waals surface area contributed by atoms with E-state index in [1.165, 1.54) is 22.3 Å². The number of ether oxygens (including phenoxy) is 8. The van der Waals surface area contributed by atoms with Crippen LogP contribution in [0, 0.1) is 20.8 Å². The maximum Gasteiger partial charge on any atom is 0.0723 e. The van der Waals surface area contributed by atoms with Crippen molar-refractivity contribution < 1.29 is 43.0 Å². The van der Waals surface area contributed by atoms with Gasteiger partial charge in [-0.2, -0.15) is 0 Å². The van der Waals surface area contributed by atoms with E-state index in [1.807, 2.05) is 0 Å². The first kappa shape index (κ1) is 31.9. The number of rotatable bonds is 25. The van der Waals surface area contributed by atoms with E-state index >= 15 is 0 Å². The first-order valence-corrected chi connectivity index (χ1v) is 12.4. The lowest BCUT2D eigenvalue weighted by Gasteiger charge is -2.12. The van der Waals surface area contributed by atoms with Crippen LogP contribution in [0.1, 0.15) is 22.3 Å². The number of aliphatic hydroxyl groups is 1. The first-order chi connectivity index (χ1) is 17.1. The van der Waals surface area contributed by atoms with Crippen LogP contribution >= 0.6 is 0 Å². The molecule has 0 saturated heterocycles. The predicted octanol–water partition coefficient (Wildman–Crippen LogP) is 2.24. The van der Waals surface area contributed by atoms with Gasteiger partial charge in [0.1, 0.15) is 0 Å². The Morgan fingerprint density at radius 3 is 1.06 bits per heavy atom. The maximum atomic E-state index is 8.56. The Bertz CT molecular complexity index is 589. The highest BCUT2D eigenvalue weighted by molar-refractivity contribution is 5.36. The van der Waals surface area contributed by atoms with Crippen LogP contribution < -0.4 is 0 Å². The third-order valence-corrected chi connectivity index (χ3v) is 4.93. The van der Waals surface area contributed by atoms with Crippen LogP contribution in [-0.4, -0.2) is 111 Å². The number of aliphatic hydroxyl groups excluding tert-OH is 1. The van der Waals surface area contributed by atoms with E-state index < -0.39 is 0 Å². The van der Waals surface area contributed by atoms with Crippen LogP contribution in [-0.2, 0) is 44.5 Å². The fraction of sp³-hybridized carbons (Fsp3) is 0.769. The lowest BCUT2D eigenvalue weighted by atomic mass is 10.0. The van der Waals surface area contributed by atoms with Crippen molar-refractivity contribution in [2.75, 3.05) is 106 Å². The molecule has 1 rings (SSSR count). The van der Waals surface area contributed by atoms with Crippen molar-refractivity contribution in [1.82, 2.24) is 0 Å². The minimum Gasteiger partial charge on any atom is -0.394 e. The summed E-state index contributed by atoms with van der Waals surface area (Å²) in [5.74, 6) is 0. The molecule has 0 aliphatic rings. The zero-order chi connectivity index (χ0) is 25.4. The SMILES string of the molecule is Cc1cc(C)c(COCCOCCOCCOCCOCCOCCOCCOCCO)c(C)c1. The Kier molecular flexibility index (Phi) is 21.2. The van der Waals surface area contributed by atoms with Crippen LogP contribution in [0.15, 0.2) is 12.1 Å². The molecular formula is C26H46O9. The number of hydrogen-bond donors (Lipinski definition) is 1. The molecule has 9 heteroatoms. The minimum absolute atomic E-state index is 0.0316. The van der Waals surface area contributed by atoms with Crippen LogP contribution in [0.25, 0.3) is 0 Å². The topological polar surface area (TPSA) is 94.1 Å². The summed E-state index contributed by atoms with van der Waals surface area (Å²) < 4.78 is 43.5. The van der Waals surface area contributed by atoms with E-state index in [4.69, 9.17) is 43.0 Å². The number of benzene rings is 1. The quantitative estimate of drug-likeness (QED) is 0.202. The zero-order valence-corrected chi connectivity index (χ0v) is 21.9. The van der Waals surface area contributed by atoms with Gasteiger partial charge in [-0.1, -0.05) is 17.7 Å². The van der Waals surface area contributed by atoms with E-state index in [0.717, 1.165) is 0 Å². The van der Waals surface area contributed by atoms with Gasteiger partial charge in [0.05, 0.1) is 112 Å². The van der Waals surface area contributed by atoms with Gasteiger partial charge >= 0.3 is 0 Å². The van der Waals surface area contributed by atoms with Crippen LogP contribution in [0.5, 0.6) is 0 Å². The summed E-state index contributed by atoms with van der Waals surface area (Å²) >= 11 is 0. The lowest BCUT2D eigenvalue weighted by molar-refractivity contribution is -0.0242. The highest BCUT2D eigenvalue weighted by Gasteiger charge is 2.04. The molecule has 9 nitrogen and oxygen atoms in total. The molecular weight excluding hydrogens is 456 g/mol. The van der Waals surface area contributed by atoms with Gasteiger partial charge in [0.25, 0.3) is 0 Å². The molecule has 0 atom stereocenters. The van der Waals surface area contributed by atoms with Crippen molar-refractivity contribution in [3.8, 4) is 0 Å². The van der Waals surface area contributed by atoms with Crippen molar-refractivity contribution in [2.45, 2.75) is 27.4 Å². The predicted molar refractivity (Wildman–Crippen MR) is 133 cm³/mol. The molecule has 1 aromatic rings. The monoisotopic (exact) mass is 502 g/mol. The Morgan fingerprint density at radius 2 is 0.743 bits per heavy atom. The van der Waals surface area contributed by atoms with Crippen LogP contribution in [0.4, 0.5) is 0 Å². The molecule has 0 bridgehead atoms. The van der Waals surface area contributed by atoms with Gasteiger partial charge in [-0.3, -0.25) is 0 Å². The third-order valence-electron chi connectivity index (χ3n) is 4.93. The largest absolute Gasteiger partial charge is 0.394 e. The molecule has 35 heavy (non-hydrogen) atoms. The van der Waals surface area contributed by atoms with Crippen LogP contribution in [0.3, 0.4) is 0 Å². The van der Waals surface area contributed by atoms with Crippen molar-refractivity contribution in [2.24, 2.45) is 0 Å². The van der Waals surface area contributed by atoms with Crippen molar-refractivity contribution in [3.63, 3.8) is 0 Å². The highest BCUT2D eigenvalue weighted by atomic mass is 16.6. The Balaban J connectivity index is 1.73. The lowest BCUT2D eigenvalue weighted by Crippen LogP contribution is -2.15. The van der Waals surface area contributed by atoms with Crippen molar-refractivity contribution in [1.29, 1.82) is 0 Å². The van der Waals surface area contributed by atoms with E-state index in [0.29, 0.717) is 106 Å². The van der Waals surface area contributed by atoms with Gasteiger partial charge in [-0.25, -0.2) is 0 Å². The Hall–Kier alpha value is -1.14. The number of hydrogen-bond acceptors (Lipinski definition) is 9. The van der Waals surface area contributed by atoms with Crippen LogP contribution in [0.2, 0.25) is 0 Å². The summed E-state index contributed by atoms with van der Waals surface area (Å²) in [5.41, 5.74) is 5.09. The van der Waals surface area contributed by atoms with E-state index in [-0.39, 0.29) is 6.61 Å². The van der Waals surface area contributed by atoms with E-state index in [9.17, 15) is 0 Å². The summed E-state index contributed by atoms with van der Waals surface area (Å²) in [7, 11) is 0. The molecule has 0 aromatic heterocycles. The standard InChI is InChI=1S/C26H46O9/c1-23-20-24(2)26(25(3)21-23)22-35-19-18-34-17-16-33-15-14-32-13-12-31-11-10-30-9-8-29-7-6-28-5-4-27/h20-21,27H,4-19,22H2,1-3H3. The summed E-state index contributed by atoms with van der Waals surface area (Å²) in [6.45, 7) is 14.7. The smallest absolute Gasteiger partial charge is 0.0723 e. The van der Waals surface area contributed by atoms with Gasteiger partial charge in [0, 0.05) is 0 Å². The molecule has 0 aliphatic heterocycles. The molecule has 0 heterocycles. The average Bonchev–Trinajstić information content (AvgIpc) is 2.83. The zero-order valence-electron chi connectivity index (χ0n) is 21.9. The van der Waals surface area contributed by atoms with Gasteiger partial charge in [0.2, 0.25) is 0 Å². The second-order valence-electron chi connectivity index (χ2n) is 7.94. The normalized spacial score (nSPS) is 11.4. The Labute approximate surface area is 210 Å². The molecule has 0 amide bonds. The summed E-state index contributed by atoms with van der Waals surface area (Å²) in [6.07, 6.45) is 0. The summed E-state index contributed by atoms with van der Waals surface area (Å²) in [6, 6.07) is 4.38. The van der Waals surface area contributed by atoms with Gasteiger partial charge in [-0.05, 0) is 37.5 Å². The molecule has 0 spiro atoms. The molecule has 1 aromatic carbocycles. The summed E-state index contributed by atoms with van der Waals surface area (Å²) in [4.78, 5) is 0. The molecule has 0 fully saturated rings. The second kappa shape index (κ2) is 23.3. The van der Waals surface area contributed by atoms with Crippen molar-refractivity contribution in [3.05, 3.63) is 34.4 Å². The highest BCUT2D eigenvalue weighted by Crippen LogP contribution is 2.17. The molecule has 0 aliphatic carbocycles. The number of aryl methyl sites for hydroxylation is 3.